The second kappa shape index (κ2) is 17.0. The SMILES string of the molecule is COc1ccc(CC(=O)O)cc1.COc1ccccc1C(=O)O.COc1ccccc1C(=O)O.O=C(O)C12CC3CC(CC(C3)C1)C2. The van der Waals surface area contributed by atoms with Crippen molar-refractivity contribution in [3.05, 3.63) is 89.5 Å². The van der Waals surface area contributed by atoms with Gasteiger partial charge in [-0.2, -0.15) is 0 Å². The fourth-order valence-corrected chi connectivity index (χ4v) is 6.93. The second-order valence-electron chi connectivity index (χ2n) is 11.9. The van der Waals surface area contributed by atoms with Gasteiger partial charge >= 0.3 is 23.9 Å². The van der Waals surface area contributed by atoms with Gasteiger partial charge in [0.15, 0.2) is 0 Å². The van der Waals surface area contributed by atoms with Crippen LogP contribution in [0.2, 0.25) is 0 Å². The molecule has 0 spiro atoms. The molecular formula is C36H42O11. The van der Waals surface area contributed by atoms with Crippen molar-refractivity contribution in [1.29, 1.82) is 0 Å². The van der Waals surface area contributed by atoms with Crippen LogP contribution in [0.3, 0.4) is 0 Å². The number of para-hydroxylation sites is 2. The van der Waals surface area contributed by atoms with Crippen LogP contribution >= 0.6 is 0 Å². The third-order valence-electron chi connectivity index (χ3n) is 8.68. The molecule has 3 aromatic rings. The molecule has 0 unspecified atom stereocenters. The molecule has 4 fully saturated rings. The molecule has 0 aliphatic heterocycles. The summed E-state index contributed by atoms with van der Waals surface area (Å²) in [7, 11) is 4.47. The summed E-state index contributed by atoms with van der Waals surface area (Å²) in [5, 5.41) is 35.0. The van der Waals surface area contributed by atoms with Crippen LogP contribution in [-0.4, -0.2) is 65.6 Å². The molecule has 252 valence electrons. The maximum atomic E-state index is 11.3. The fourth-order valence-electron chi connectivity index (χ4n) is 6.93. The molecule has 3 aromatic carbocycles. The zero-order chi connectivity index (χ0) is 34.6. The molecule has 4 aliphatic carbocycles. The lowest BCUT2D eigenvalue weighted by atomic mass is 9.49. The van der Waals surface area contributed by atoms with Crippen LogP contribution in [0.15, 0.2) is 72.8 Å². The molecule has 4 bridgehead atoms. The highest BCUT2D eigenvalue weighted by Crippen LogP contribution is 2.60. The predicted molar refractivity (Wildman–Crippen MR) is 172 cm³/mol. The number of ether oxygens (including phenoxy) is 3. The summed E-state index contributed by atoms with van der Waals surface area (Å²) in [6.07, 6.45) is 6.98. The number of aromatic carboxylic acids is 2. The van der Waals surface area contributed by atoms with Gasteiger partial charge in [0, 0.05) is 0 Å². The minimum absolute atomic E-state index is 0.0595. The monoisotopic (exact) mass is 650 g/mol. The number of carbonyl (C=O) groups is 4. The van der Waals surface area contributed by atoms with Crippen molar-refractivity contribution in [2.24, 2.45) is 23.2 Å². The van der Waals surface area contributed by atoms with Gasteiger partial charge in [-0.05, 0) is 98.2 Å². The van der Waals surface area contributed by atoms with Crippen molar-refractivity contribution in [2.75, 3.05) is 21.3 Å². The van der Waals surface area contributed by atoms with E-state index >= 15 is 0 Å². The number of rotatable bonds is 8. The lowest BCUT2D eigenvalue weighted by Crippen LogP contribution is -2.49. The van der Waals surface area contributed by atoms with Gasteiger partial charge in [-0.3, -0.25) is 9.59 Å². The zero-order valence-electron chi connectivity index (χ0n) is 26.8. The molecule has 0 aromatic heterocycles. The zero-order valence-corrected chi connectivity index (χ0v) is 26.8. The van der Waals surface area contributed by atoms with Crippen molar-refractivity contribution < 1.29 is 53.8 Å². The predicted octanol–water partition coefficient (Wildman–Crippen LogP) is 6.40. The number of hydrogen-bond donors (Lipinski definition) is 4. The Kier molecular flexibility index (Phi) is 13.2. The molecule has 4 aliphatic rings. The average molecular weight is 651 g/mol. The summed E-state index contributed by atoms with van der Waals surface area (Å²) in [6, 6.07) is 20.0. The highest BCUT2D eigenvalue weighted by Gasteiger charge is 2.54. The summed E-state index contributed by atoms with van der Waals surface area (Å²) < 4.78 is 14.6. The van der Waals surface area contributed by atoms with E-state index in [0.29, 0.717) is 11.5 Å². The summed E-state index contributed by atoms with van der Waals surface area (Å²) in [5.41, 5.74) is 0.877. The second-order valence-corrected chi connectivity index (χ2v) is 11.9. The quantitative estimate of drug-likeness (QED) is 0.212. The lowest BCUT2D eigenvalue weighted by molar-refractivity contribution is -0.164. The standard InChI is InChI=1S/C11H16O2.C9H10O3.2C8H8O3/c12-10(13)11-4-7-1-8(5-11)3-9(2-7)6-11;1-12-8-4-2-7(3-5-8)6-9(10)11;2*1-11-7-5-3-2-4-6(7)8(9)10/h7-9H,1-6H2,(H,12,13);2-5H,6H2,1H3,(H,10,11);2*2-5H,1H3,(H,9,10). The topological polar surface area (TPSA) is 177 Å². The molecule has 0 radical (unpaired) electrons. The average Bonchev–Trinajstić information content (AvgIpc) is 3.05. The Bertz CT molecular complexity index is 1420. The highest BCUT2D eigenvalue weighted by atomic mass is 16.5. The van der Waals surface area contributed by atoms with Crippen molar-refractivity contribution in [3.63, 3.8) is 0 Å². The van der Waals surface area contributed by atoms with Gasteiger partial charge in [0.2, 0.25) is 0 Å². The van der Waals surface area contributed by atoms with Gasteiger partial charge in [0.25, 0.3) is 0 Å². The van der Waals surface area contributed by atoms with Crippen LogP contribution in [0.4, 0.5) is 0 Å². The van der Waals surface area contributed by atoms with Gasteiger partial charge in [-0.15, -0.1) is 0 Å². The molecule has 7 rings (SSSR count). The number of carboxylic acids is 4. The summed E-state index contributed by atoms with van der Waals surface area (Å²) >= 11 is 0. The number of carboxylic acid groups (broad SMARTS) is 4. The molecule has 4 N–H and O–H groups in total. The third kappa shape index (κ3) is 10.2. The van der Waals surface area contributed by atoms with Gasteiger partial charge in [-0.1, -0.05) is 36.4 Å². The van der Waals surface area contributed by atoms with E-state index in [1.54, 1.807) is 67.8 Å². The lowest BCUT2D eigenvalue weighted by Gasteiger charge is -2.54. The Morgan fingerprint density at radius 2 is 1.02 bits per heavy atom. The minimum Gasteiger partial charge on any atom is -0.497 e. The first-order valence-corrected chi connectivity index (χ1v) is 15.2. The smallest absolute Gasteiger partial charge is 0.339 e. The minimum atomic E-state index is -0.970. The van der Waals surface area contributed by atoms with E-state index in [-0.39, 0.29) is 23.0 Å². The molecule has 11 heteroatoms. The molecule has 0 heterocycles. The number of methoxy groups -OCH3 is 3. The first-order chi connectivity index (χ1) is 22.4. The molecule has 47 heavy (non-hydrogen) atoms. The normalized spacial score (nSPS) is 21.2. The van der Waals surface area contributed by atoms with Crippen LogP contribution in [0, 0.1) is 23.2 Å². The Balaban J connectivity index is 0.000000171. The third-order valence-corrected chi connectivity index (χ3v) is 8.68. The van der Waals surface area contributed by atoms with Crippen LogP contribution in [0.25, 0.3) is 0 Å². The molecule has 11 nitrogen and oxygen atoms in total. The first kappa shape index (κ1) is 36.4. The van der Waals surface area contributed by atoms with E-state index in [0.717, 1.165) is 48.3 Å². The number of hydrogen-bond acceptors (Lipinski definition) is 7. The van der Waals surface area contributed by atoms with Crippen molar-refractivity contribution in [2.45, 2.75) is 44.9 Å². The van der Waals surface area contributed by atoms with E-state index in [2.05, 4.69) is 0 Å². The van der Waals surface area contributed by atoms with Crippen molar-refractivity contribution in [1.82, 2.24) is 0 Å². The van der Waals surface area contributed by atoms with Gasteiger partial charge in [0.1, 0.15) is 28.4 Å². The van der Waals surface area contributed by atoms with Gasteiger partial charge < -0.3 is 34.6 Å². The number of benzene rings is 3. The Morgan fingerprint density at radius 1 is 0.617 bits per heavy atom. The Hall–Kier alpha value is -5.06. The summed E-state index contributed by atoms with van der Waals surface area (Å²) in [6.45, 7) is 0. The van der Waals surface area contributed by atoms with Crippen molar-refractivity contribution in [3.8, 4) is 17.2 Å². The van der Waals surface area contributed by atoms with Crippen LogP contribution < -0.4 is 14.2 Å². The number of aliphatic carboxylic acids is 2. The Morgan fingerprint density at radius 3 is 1.32 bits per heavy atom. The van der Waals surface area contributed by atoms with Crippen molar-refractivity contribution >= 4 is 23.9 Å². The largest absolute Gasteiger partial charge is 0.497 e. The van der Waals surface area contributed by atoms with Crippen LogP contribution in [-0.2, 0) is 16.0 Å². The molecule has 0 amide bonds. The van der Waals surface area contributed by atoms with E-state index in [9.17, 15) is 24.3 Å². The highest BCUT2D eigenvalue weighted by molar-refractivity contribution is 5.91. The maximum absolute atomic E-state index is 11.3. The van der Waals surface area contributed by atoms with E-state index in [1.807, 2.05) is 0 Å². The van der Waals surface area contributed by atoms with E-state index in [1.165, 1.54) is 45.6 Å². The summed E-state index contributed by atoms with van der Waals surface area (Å²) in [5.74, 6) is 0.507. The van der Waals surface area contributed by atoms with Crippen LogP contribution in [0.1, 0.15) is 64.8 Å². The van der Waals surface area contributed by atoms with E-state index in [4.69, 9.17) is 29.5 Å². The molecule has 4 saturated carbocycles. The van der Waals surface area contributed by atoms with E-state index < -0.39 is 23.9 Å². The molecular weight excluding hydrogens is 608 g/mol. The van der Waals surface area contributed by atoms with Gasteiger partial charge in [-0.25, -0.2) is 9.59 Å². The maximum Gasteiger partial charge on any atom is 0.339 e. The van der Waals surface area contributed by atoms with Crippen LogP contribution in [0.5, 0.6) is 17.2 Å². The fraction of sp³-hybridized carbons (Fsp3) is 0.389. The Labute approximate surface area is 273 Å². The van der Waals surface area contributed by atoms with Gasteiger partial charge in [0.05, 0.1) is 33.2 Å². The summed E-state index contributed by atoms with van der Waals surface area (Å²) in [4.78, 5) is 42.5. The molecule has 0 atom stereocenters. The molecule has 0 saturated heterocycles. The first-order valence-electron chi connectivity index (χ1n) is 15.2.